The Morgan fingerprint density at radius 2 is 2.04 bits per heavy atom. The zero-order valence-corrected chi connectivity index (χ0v) is 14.2. The molecule has 2 N–H and O–H groups in total. The molecule has 8 heteroatoms. The molecule has 0 radical (unpaired) electrons. The number of esters is 1. The second kappa shape index (κ2) is 7.78. The molecule has 0 fully saturated rings. The van der Waals surface area contributed by atoms with Crippen LogP contribution in [0.25, 0.3) is 10.1 Å². The number of urea groups is 1. The lowest BCUT2D eigenvalue weighted by molar-refractivity contribution is -0.137. The first kappa shape index (κ1) is 17.7. The van der Waals surface area contributed by atoms with Crippen LogP contribution in [0.3, 0.4) is 0 Å². The normalized spacial score (nSPS) is 10.4. The molecular formula is C16H18N2O5S. The van der Waals surface area contributed by atoms with E-state index >= 15 is 0 Å². The monoisotopic (exact) mass is 350 g/mol. The van der Waals surface area contributed by atoms with Crippen molar-refractivity contribution in [3.63, 3.8) is 0 Å². The van der Waals surface area contributed by atoms with Gasteiger partial charge in [-0.25, -0.2) is 9.59 Å². The van der Waals surface area contributed by atoms with Crippen molar-refractivity contribution < 1.29 is 24.2 Å². The first-order valence-corrected chi connectivity index (χ1v) is 8.17. The van der Waals surface area contributed by atoms with E-state index in [0.29, 0.717) is 17.2 Å². The number of amides is 2. The third-order valence-corrected chi connectivity index (χ3v) is 4.35. The van der Waals surface area contributed by atoms with E-state index in [1.54, 1.807) is 25.1 Å². The van der Waals surface area contributed by atoms with E-state index in [2.05, 4.69) is 5.32 Å². The average molecular weight is 350 g/mol. The summed E-state index contributed by atoms with van der Waals surface area (Å²) in [6.45, 7) is 2.19. The predicted molar refractivity (Wildman–Crippen MR) is 91.7 cm³/mol. The first-order valence-electron chi connectivity index (χ1n) is 7.35. The molecule has 0 atom stereocenters. The summed E-state index contributed by atoms with van der Waals surface area (Å²) in [5.74, 6) is -1.32. The Kier molecular flexibility index (Phi) is 5.75. The summed E-state index contributed by atoms with van der Waals surface area (Å²) in [7, 11) is 1.53. The molecule has 2 rings (SSSR count). The fourth-order valence-electron chi connectivity index (χ4n) is 2.01. The van der Waals surface area contributed by atoms with Gasteiger partial charge >= 0.3 is 18.0 Å². The Labute approximate surface area is 142 Å². The molecular weight excluding hydrogens is 332 g/mol. The maximum atomic E-state index is 12.0. The fraction of sp³-hybridized carbons (Fsp3) is 0.312. The van der Waals surface area contributed by atoms with E-state index in [1.165, 1.54) is 23.3 Å². The number of thiophene rings is 1. The zero-order chi connectivity index (χ0) is 17.7. The van der Waals surface area contributed by atoms with Gasteiger partial charge in [-0.15, -0.1) is 11.3 Å². The molecule has 7 nitrogen and oxygen atoms in total. The van der Waals surface area contributed by atoms with Crippen LogP contribution in [-0.2, 0) is 9.53 Å². The fourth-order valence-corrected chi connectivity index (χ4v) is 2.94. The molecule has 0 aliphatic rings. The van der Waals surface area contributed by atoms with E-state index in [0.717, 1.165) is 10.1 Å². The van der Waals surface area contributed by atoms with Crippen molar-refractivity contribution >= 4 is 45.1 Å². The highest BCUT2D eigenvalue weighted by atomic mass is 32.1. The van der Waals surface area contributed by atoms with Gasteiger partial charge in [-0.1, -0.05) is 0 Å². The highest BCUT2D eigenvalue weighted by Gasteiger charge is 2.13. The molecule has 1 heterocycles. The zero-order valence-electron chi connectivity index (χ0n) is 13.4. The Hall–Kier alpha value is -2.61. The number of rotatable bonds is 6. The van der Waals surface area contributed by atoms with Crippen molar-refractivity contribution in [2.24, 2.45) is 0 Å². The van der Waals surface area contributed by atoms with Gasteiger partial charge in [0, 0.05) is 24.0 Å². The molecule has 2 aromatic rings. The third-order valence-electron chi connectivity index (χ3n) is 3.25. The van der Waals surface area contributed by atoms with Crippen LogP contribution < -0.4 is 5.32 Å². The SMILES string of the molecule is CCOC(=O)c1cc2cc(NC(=O)N(C)CCC(=O)O)ccc2s1. The molecule has 0 bridgehead atoms. The van der Waals surface area contributed by atoms with Crippen LogP contribution in [0.15, 0.2) is 24.3 Å². The number of nitrogens with zero attached hydrogens (tertiary/aromatic N) is 1. The van der Waals surface area contributed by atoms with Crippen molar-refractivity contribution in [2.75, 3.05) is 25.5 Å². The van der Waals surface area contributed by atoms with Gasteiger partial charge in [0.05, 0.1) is 13.0 Å². The Morgan fingerprint density at radius 1 is 1.29 bits per heavy atom. The number of nitrogens with one attached hydrogen (secondary N) is 1. The van der Waals surface area contributed by atoms with Crippen LogP contribution in [0.2, 0.25) is 0 Å². The summed E-state index contributed by atoms with van der Waals surface area (Å²) in [6, 6.07) is 6.64. The van der Waals surface area contributed by atoms with Crippen molar-refractivity contribution in [2.45, 2.75) is 13.3 Å². The minimum atomic E-state index is -0.958. The Balaban J connectivity index is 2.08. The molecule has 128 valence electrons. The maximum absolute atomic E-state index is 12.0. The van der Waals surface area contributed by atoms with E-state index in [9.17, 15) is 14.4 Å². The van der Waals surface area contributed by atoms with E-state index in [-0.39, 0.29) is 18.9 Å². The van der Waals surface area contributed by atoms with E-state index < -0.39 is 12.0 Å². The summed E-state index contributed by atoms with van der Waals surface area (Å²) >= 11 is 1.33. The number of carbonyl (C=O) groups excluding carboxylic acids is 2. The van der Waals surface area contributed by atoms with Crippen molar-refractivity contribution in [1.82, 2.24) is 4.90 Å². The molecule has 1 aromatic heterocycles. The highest BCUT2D eigenvalue weighted by Crippen LogP contribution is 2.28. The van der Waals surface area contributed by atoms with Gasteiger partial charge in [-0.2, -0.15) is 0 Å². The number of ether oxygens (including phenoxy) is 1. The number of anilines is 1. The van der Waals surface area contributed by atoms with Crippen LogP contribution in [0, 0.1) is 0 Å². The van der Waals surface area contributed by atoms with Gasteiger partial charge in [0.25, 0.3) is 0 Å². The van der Waals surface area contributed by atoms with Crippen molar-refractivity contribution in [1.29, 1.82) is 0 Å². The second-order valence-corrected chi connectivity index (χ2v) is 6.16. The highest BCUT2D eigenvalue weighted by molar-refractivity contribution is 7.20. The lowest BCUT2D eigenvalue weighted by Crippen LogP contribution is -2.33. The number of carboxylic acids is 1. The summed E-state index contributed by atoms with van der Waals surface area (Å²) in [5, 5.41) is 12.2. The quantitative estimate of drug-likeness (QED) is 0.781. The molecule has 0 unspecified atom stereocenters. The molecule has 0 aliphatic carbocycles. The Bertz CT molecular complexity index is 771. The number of benzene rings is 1. The van der Waals surface area contributed by atoms with Gasteiger partial charge in [-0.05, 0) is 36.6 Å². The average Bonchev–Trinajstić information content (AvgIpc) is 2.96. The van der Waals surface area contributed by atoms with Crippen LogP contribution in [0.1, 0.15) is 23.0 Å². The van der Waals surface area contributed by atoms with E-state index in [4.69, 9.17) is 9.84 Å². The van der Waals surface area contributed by atoms with Crippen LogP contribution in [0.4, 0.5) is 10.5 Å². The van der Waals surface area contributed by atoms with Gasteiger partial charge in [0.15, 0.2) is 0 Å². The minimum Gasteiger partial charge on any atom is -0.481 e. The number of hydrogen-bond acceptors (Lipinski definition) is 5. The van der Waals surface area contributed by atoms with Gasteiger partial charge in [0.1, 0.15) is 4.88 Å². The lowest BCUT2D eigenvalue weighted by atomic mass is 10.2. The number of hydrogen-bond donors (Lipinski definition) is 2. The molecule has 2 amide bonds. The third kappa shape index (κ3) is 4.45. The number of aliphatic carboxylic acids is 1. The predicted octanol–water partition coefficient (Wildman–Crippen LogP) is 3.02. The van der Waals surface area contributed by atoms with Gasteiger partial charge in [-0.3, -0.25) is 4.79 Å². The van der Waals surface area contributed by atoms with Crippen LogP contribution in [0.5, 0.6) is 0 Å². The standard InChI is InChI=1S/C16H18N2O5S/c1-3-23-15(21)13-9-10-8-11(4-5-12(10)24-13)17-16(22)18(2)7-6-14(19)20/h4-5,8-9H,3,6-7H2,1-2H3,(H,17,22)(H,19,20). The van der Waals surface area contributed by atoms with Crippen LogP contribution >= 0.6 is 11.3 Å². The summed E-state index contributed by atoms with van der Waals surface area (Å²) in [6.07, 6.45) is -0.115. The molecule has 0 saturated carbocycles. The van der Waals surface area contributed by atoms with Gasteiger partial charge in [0.2, 0.25) is 0 Å². The molecule has 0 spiro atoms. The van der Waals surface area contributed by atoms with Crippen molar-refractivity contribution in [3.05, 3.63) is 29.1 Å². The number of fused-ring (bicyclic) bond motifs is 1. The molecule has 0 saturated heterocycles. The topological polar surface area (TPSA) is 95.9 Å². The molecule has 0 aliphatic heterocycles. The summed E-state index contributed by atoms with van der Waals surface area (Å²) < 4.78 is 5.89. The smallest absolute Gasteiger partial charge is 0.348 e. The Morgan fingerprint density at radius 3 is 2.71 bits per heavy atom. The van der Waals surface area contributed by atoms with Crippen LogP contribution in [-0.4, -0.2) is 48.2 Å². The largest absolute Gasteiger partial charge is 0.481 e. The summed E-state index contributed by atoms with van der Waals surface area (Å²) in [5.41, 5.74) is 0.572. The maximum Gasteiger partial charge on any atom is 0.348 e. The molecule has 24 heavy (non-hydrogen) atoms. The van der Waals surface area contributed by atoms with Gasteiger partial charge < -0.3 is 20.1 Å². The lowest BCUT2D eigenvalue weighted by Gasteiger charge is -2.16. The number of carboxylic acid groups (broad SMARTS) is 1. The molecule has 1 aromatic carbocycles. The number of carbonyl (C=O) groups is 3. The minimum absolute atomic E-state index is 0.115. The first-order chi connectivity index (χ1) is 11.4. The second-order valence-electron chi connectivity index (χ2n) is 5.08. The summed E-state index contributed by atoms with van der Waals surface area (Å²) in [4.78, 5) is 36.1. The van der Waals surface area contributed by atoms with E-state index in [1.807, 2.05) is 6.07 Å². The van der Waals surface area contributed by atoms with Crippen molar-refractivity contribution in [3.8, 4) is 0 Å².